The zero-order valence-corrected chi connectivity index (χ0v) is 17.6. The van der Waals surface area contributed by atoms with Crippen LogP contribution in [-0.2, 0) is 9.59 Å². The van der Waals surface area contributed by atoms with Crippen molar-refractivity contribution in [3.63, 3.8) is 0 Å². The molecule has 1 amide bonds. The zero-order chi connectivity index (χ0) is 24.6. The van der Waals surface area contributed by atoms with E-state index < -0.39 is 41.4 Å². The molecule has 3 aromatic rings. The fraction of sp³-hybridized carbons (Fsp3) is 0.120. The molecule has 3 aromatic carbocycles. The molecule has 5 nitrogen and oxygen atoms in total. The number of hydrogen-bond donors (Lipinski definition) is 1. The first-order valence-electron chi connectivity index (χ1n) is 10.0. The number of anilines is 1. The van der Waals surface area contributed by atoms with Gasteiger partial charge in [-0.2, -0.15) is 0 Å². The number of Topliss-reactive ketones (excluding diaryl/α,β-unsaturated/α-hetero) is 1. The molecule has 0 aliphatic carbocycles. The Hall–Kier alpha value is -4.14. The molecule has 0 spiro atoms. The summed E-state index contributed by atoms with van der Waals surface area (Å²) in [5.74, 6) is -3.74. The summed E-state index contributed by atoms with van der Waals surface area (Å²) in [5, 5.41) is 11.0. The Balaban J connectivity index is 1.91. The van der Waals surface area contributed by atoms with Crippen molar-refractivity contribution in [2.75, 3.05) is 4.90 Å². The van der Waals surface area contributed by atoms with Crippen molar-refractivity contribution in [2.45, 2.75) is 19.3 Å². The van der Waals surface area contributed by atoms with Crippen molar-refractivity contribution in [2.24, 2.45) is 0 Å². The third-order valence-electron chi connectivity index (χ3n) is 5.25. The van der Waals surface area contributed by atoms with Gasteiger partial charge in [0.05, 0.1) is 11.6 Å². The smallest absolute Gasteiger partial charge is 0.507 e. The monoisotopic (exact) mass is 471 g/mol. The van der Waals surface area contributed by atoms with Gasteiger partial charge in [0.25, 0.3) is 11.7 Å². The standard InChI is InChI=1S/C25H17F4NO4/c1-14-4-2-5-16(12-14)21-20(22(31)15-8-10-17(26)11-9-15)23(32)24(33)30(21)18-6-3-7-19(13-18)34-25(27,28)29/h2-13,21,31H,1H3/b22-20+. The Bertz CT molecular complexity index is 1300. The molecule has 1 aliphatic heterocycles. The highest BCUT2D eigenvalue weighted by Crippen LogP contribution is 2.43. The number of hydrogen-bond acceptors (Lipinski definition) is 4. The lowest BCUT2D eigenvalue weighted by atomic mass is 9.94. The average Bonchev–Trinajstić information content (AvgIpc) is 3.03. The van der Waals surface area contributed by atoms with Crippen molar-refractivity contribution in [1.29, 1.82) is 0 Å². The topological polar surface area (TPSA) is 66.8 Å². The summed E-state index contributed by atoms with van der Waals surface area (Å²) in [5.41, 5.74) is 1.04. The van der Waals surface area contributed by atoms with Crippen LogP contribution in [0.2, 0.25) is 0 Å². The van der Waals surface area contributed by atoms with Gasteiger partial charge in [-0.05, 0) is 48.9 Å². The van der Waals surface area contributed by atoms with Gasteiger partial charge in [-0.1, -0.05) is 35.9 Å². The molecule has 0 saturated carbocycles. The highest BCUT2D eigenvalue weighted by molar-refractivity contribution is 6.51. The molecule has 0 bridgehead atoms. The number of rotatable bonds is 4. The lowest BCUT2D eigenvalue weighted by Crippen LogP contribution is -2.29. The second-order valence-corrected chi connectivity index (χ2v) is 7.64. The number of aryl methyl sites for hydroxylation is 1. The van der Waals surface area contributed by atoms with Crippen LogP contribution in [0.25, 0.3) is 5.76 Å². The summed E-state index contributed by atoms with van der Waals surface area (Å²) in [6.45, 7) is 1.79. The minimum absolute atomic E-state index is 0.0338. The number of aliphatic hydroxyl groups excluding tert-OH is 1. The number of alkyl halides is 3. The Morgan fingerprint density at radius 3 is 2.29 bits per heavy atom. The SMILES string of the molecule is Cc1cccc(C2/C(=C(\O)c3ccc(F)cc3)C(=O)C(=O)N2c2cccc(OC(F)(F)F)c2)c1. The maximum atomic E-state index is 13.4. The van der Waals surface area contributed by atoms with Gasteiger partial charge in [0.2, 0.25) is 0 Å². The number of carbonyl (C=O) groups excluding carboxylic acids is 2. The molecule has 34 heavy (non-hydrogen) atoms. The molecule has 4 rings (SSSR count). The predicted molar refractivity (Wildman–Crippen MR) is 115 cm³/mol. The minimum atomic E-state index is -4.95. The first-order valence-corrected chi connectivity index (χ1v) is 10.0. The van der Waals surface area contributed by atoms with Crippen LogP contribution in [0.4, 0.5) is 23.2 Å². The third kappa shape index (κ3) is 4.50. The number of ether oxygens (including phenoxy) is 1. The summed E-state index contributed by atoms with van der Waals surface area (Å²) in [4.78, 5) is 27.1. The maximum absolute atomic E-state index is 13.4. The Morgan fingerprint density at radius 2 is 1.65 bits per heavy atom. The Kier molecular flexibility index (Phi) is 5.87. The lowest BCUT2D eigenvalue weighted by Gasteiger charge is -2.26. The lowest BCUT2D eigenvalue weighted by molar-refractivity contribution is -0.274. The van der Waals surface area contributed by atoms with Gasteiger partial charge in [0.1, 0.15) is 17.3 Å². The van der Waals surface area contributed by atoms with Gasteiger partial charge in [-0.25, -0.2) is 4.39 Å². The van der Waals surface area contributed by atoms with E-state index in [4.69, 9.17) is 0 Å². The van der Waals surface area contributed by atoms with Crippen LogP contribution >= 0.6 is 0 Å². The van der Waals surface area contributed by atoms with Gasteiger partial charge in [-0.3, -0.25) is 14.5 Å². The number of nitrogens with zero attached hydrogens (tertiary/aromatic N) is 1. The molecule has 1 N–H and O–H groups in total. The van der Waals surface area contributed by atoms with Crippen LogP contribution < -0.4 is 9.64 Å². The van der Waals surface area contributed by atoms with Gasteiger partial charge < -0.3 is 9.84 Å². The quantitative estimate of drug-likeness (QED) is 0.231. The minimum Gasteiger partial charge on any atom is -0.507 e. The van der Waals surface area contributed by atoms with Crippen LogP contribution in [0.1, 0.15) is 22.7 Å². The molecule has 1 saturated heterocycles. The highest BCUT2D eigenvalue weighted by Gasteiger charge is 2.47. The van der Waals surface area contributed by atoms with Crippen molar-refractivity contribution in [1.82, 2.24) is 0 Å². The van der Waals surface area contributed by atoms with E-state index in [0.29, 0.717) is 5.56 Å². The third-order valence-corrected chi connectivity index (χ3v) is 5.25. The van der Waals surface area contributed by atoms with E-state index in [-0.39, 0.29) is 16.8 Å². The molecule has 0 radical (unpaired) electrons. The van der Waals surface area contributed by atoms with E-state index in [1.165, 1.54) is 24.3 Å². The van der Waals surface area contributed by atoms with Crippen LogP contribution in [0, 0.1) is 12.7 Å². The van der Waals surface area contributed by atoms with Crippen LogP contribution in [0.15, 0.2) is 78.4 Å². The van der Waals surface area contributed by atoms with Crippen molar-refractivity contribution < 1.29 is 37.0 Å². The van der Waals surface area contributed by atoms with E-state index in [2.05, 4.69) is 4.74 Å². The number of benzene rings is 3. The second kappa shape index (κ2) is 8.66. The van der Waals surface area contributed by atoms with Crippen molar-refractivity contribution in [3.05, 3.63) is 101 Å². The van der Waals surface area contributed by atoms with Crippen LogP contribution in [-0.4, -0.2) is 23.2 Å². The van der Waals surface area contributed by atoms with E-state index in [9.17, 15) is 32.3 Å². The number of carbonyl (C=O) groups is 2. The fourth-order valence-electron chi connectivity index (χ4n) is 3.85. The maximum Gasteiger partial charge on any atom is 0.573 e. The fourth-order valence-corrected chi connectivity index (χ4v) is 3.85. The summed E-state index contributed by atoms with van der Waals surface area (Å²) >= 11 is 0. The van der Waals surface area contributed by atoms with Crippen LogP contribution in [0.5, 0.6) is 5.75 Å². The number of halogens is 4. The summed E-state index contributed by atoms with van der Waals surface area (Å²) in [6.07, 6.45) is -4.95. The second-order valence-electron chi connectivity index (χ2n) is 7.64. The largest absolute Gasteiger partial charge is 0.573 e. The summed E-state index contributed by atoms with van der Waals surface area (Å²) < 4.78 is 55.5. The molecular weight excluding hydrogens is 454 g/mol. The molecular formula is C25H17F4NO4. The molecule has 1 atom stereocenters. The zero-order valence-electron chi connectivity index (χ0n) is 17.6. The van der Waals surface area contributed by atoms with E-state index in [1.54, 1.807) is 31.2 Å². The molecule has 1 aliphatic rings. The first-order chi connectivity index (χ1) is 16.0. The molecule has 1 fully saturated rings. The Labute approximate surface area is 191 Å². The normalized spacial score (nSPS) is 17.8. The number of amides is 1. The average molecular weight is 471 g/mol. The number of aliphatic hydroxyl groups is 1. The molecule has 1 unspecified atom stereocenters. The first kappa shape index (κ1) is 23.0. The van der Waals surface area contributed by atoms with Gasteiger partial charge in [0.15, 0.2) is 0 Å². The van der Waals surface area contributed by atoms with Crippen LogP contribution in [0.3, 0.4) is 0 Å². The summed E-state index contributed by atoms with van der Waals surface area (Å²) in [6, 6.07) is 15.0. The molecule has 174 valence electrons. The van der Waals surface area contributed by atoms with Gasteiger partial charge in [0, 0.05) is 17.3 Å². The van der Waals surface area contributed by atoms with Crippen molar-refractivity contribution >= 4 is 23.1 Å². The van der Waals surface area contributed by atoms with Gasteiger partial charge >= 0.3 is 6.36 Å². The van der Waals surface area contributed by atoms with E-state index in [1.807, 2.05) is 0 Å². The van der Waals surface area contributed by atoms with E-state index >= 15 is 0 Å². The Morgan fingerprint density at radius 1 is 0.971 bits per heavy atom. The molecule has 9 heteroatoms. The van der Waals surface area contributed by atoms with E-state index in [0.717, 1.165) is 34.7 Å². The highest BCUT2D eigenvalue weighted by atomic mass is 19.4. The molecule has 1 heterocycles. The predicted octanol–water partition coefficient (Wildman–Crippen LogP) is 5.66. The van der Waals surface area contributed by atoms with Crippen molar-refractivity contribution in [3.8, 4) is 5.75 Å². The molecule has 0 aromatic heterocycles. The van der Waals surface area contributed by atoms with Gasteiger partial charge in [-0.15, -0.1) is 13.2 Å². The number of ketones is 1. The summed E-state index contributed by atoms with van der Waals surface area (Å²) in [7, 11) is 0.